The van der Waals surface area contributed by atoms with E-state index in [2.05, 4.69) is 4.72 Å². The lowest BCUT2D eigenvalue weighted by Gasteiger charge is -2.12. The molecule has 3 aromatic rings. The van der Waals surface area contributed by atoms with E-state index in [4.69, 9.17) is 5.26 Å². The van der Waals surface area contributed by atoms with Gasteiger partial charge in [0.15, 0.2) is 9.84 Å². The summed E-state index contributed by atoms with van der Waals surface area (Å²) in [7, 11) is -7.55. The highest BCUT2D eigenvalue weighted by Crippen LogP contribution is 2.31. The van der Waals surface area contributed by atoms with Crippen molar-refractivity contribution >= 4 is 19.9 Å². The van der Waals surface area contributed by atoms with Crippen molar-refractivity contribution in [2.75, 3.05) is 12.8 Å². The summed E-state index contributed by atoms with van der Waals surface area (Å²) in [5, 5.41) is 29.2. The Morgan fingerprint density at radius 2 is 1.62 bits per heavy atom. The van der Waals surface area contributed by atoms with Crippen LogP contribution < -0.4 is 4.72 Å². The van der Waals surface area contributed by atoms with Crippen molar-refractivity contribution in [1.82, 2.24) is 4.72 Å². The molecule has 3 N–H and O–H groups in total. The smallest absolute Gasteiger partial charge is 0.244 e. The second kappa shape index (κ2) is 9.00. The van der Waals surface area contributed by atoms with Gasteiger partial charge in [0.2, 0.25) is 10.0 Å². The largest absolute Gasteiger partial charge is 0.508 e. The van der Waals surface area contributed by atoms with Gasteiger partial charge in [0, 0.05) is 18.4 Å². The van der Waals surface area contributed by atoms with E-state index in [1.54, 1.807) is 30.3 Å². The number of phenols is 2. The topological polar surface area (TPSA) is 145 Å². The number of hydrogen-bond donors (Lipinski definition) is 3. The Labute approximate surface area is 186 Å². The Kier molecular flexibility index (Phi) is 6.55. The van der Waals surface area contributed by atoms with E-state index in [1.165, 1.54) is 18.2 Å². The fourth-order valence-corrected chi connectivity index (χ4v) is 5.23. The number of sulfonamides is 1. The van der Waals surface area contributed by atoms with Crippen LogP contribution in [0.2, 0.25) is 0 Å². The number of rotatable bonds is 7. The SMILES string of the molecule is CS(=O)(=O)c1ccccc1-c1ccc(CCNS(=O)(=O)c2cc(C#N)ccc2O)c(O)c1. The summed E-state index contributed by atoms with van der Waals surface area (Å²) in [6.07, 6.45) is 1.24. The van der Waals surface area contributed by atoms with Gasteiger partial charge >= 0.3 is 0 Å². The summed E-state index contributed by atoms with van der Waals surface area (Å²) in [4.78, 5) is -0.271. The molecule has 0 aromatic heterocycles. The summed E-state index contributed by atoms with van der Waals surface area (Å²) in [6.45, 7) is -0.0780. The van der Waals surface area contributed by atoms with Crippen LogP contribution in [-0.2, 0) is 26.3 Å². The van der Waals surface area contributed by atoms with Gasteiger partial charge in [-0.05, 0) is 47.9 Å². The fraction of sp³-hybridized carbons (Fsp3) is 0.136. The van der Waals surface area contributed by atoms with Gasteiger partial charge in [0.25, 0.3) is 0 Å². The molecule has 3 rings (SSSR count). The Balaban J connectivity index is 1.78. The van der Waals surface area contributed by atoms with Crippen LogP contribution in [0.15, 0.2) is 70.5 Å². The van der Waals surface area contributed by atoms with Crippen molar-refractivity contribution < 1.29 is 27.0 Å². The molecule has 0 fully saturated rings. The summed E-state index contributed by atoms with van der Waals surface area (Å²) in [6, 6.07) is 16.4. The number of nitrogens with zero attached hydrogens (tertiary/aromatic N) is 1. The first kappa shape index (κ1) is 23.3. The molecule has 0 saturated carbocycles. The van der Waals surface area contributed by atoms with E-state index in [0.717, 1.165) is 18.4 Å². The van der Waals surface area contributed by atoms with E-state index in [1.807, 2.05) is 6.07 Å². The van der Waals surface area contributed by atoms with Gasteiger partial charge in [-0.25, -0.2) is 21.6 Å². The molecular weight excluding hydrogens is 452 g/mol. The normalized spacial score (nSPS) is 11.8. The molecule has 8 nitrogen and oxygen atoms in total. The van der Waals surface area contributed by atoms with Crippen LogP contribution in [0.4, 0.5) is 0 Å². The summed E-state index contributed by atoms with van der Waals surface area (Å²) >= 11 is 0. The Morgan fingerprint density at radius 3 is 2.28 bits per heavy atom. The molecule has 32 heavy (non-hydrogen) atoms. The number of aromatic hydroxyl groups is 2. The molecule has 0 unspecified atom stereocenters. The van der Waals surface area contributed by atoms with Gasteiger partial charge in [0.05, 0.1) is 16.5 Å². The van der Waals surface area contributed by atoms with Crippen molar-refractivity contribution in [2.45, 2.75) is 16.2 Å². The average molecular weight is 473 g/mol. The lowest BCUT2D eigenvalue weighted by Crippen LogP contribution is -2.26. The quantitative estimate of drug-likeness (QED) is 0.479. The number of benzene rings is 3. The van der Waals surface area contributed by atoms with E-state index in [9.17, 15) is 27.0 Å². The Morgan fingerprint density at radius 1 is 0.906 bits per heavy atom. The molecule has 0 radical (unpaired) electrons. The van der Waals surface area contributed by atoms with Gasteiger partial charge in [-0.1, -0.05) is 30.3 Å². The van der Waals surface area contributed by atoms with Crippen molar-refractivity contribution in [1.29, 1.82) is 5.26 Å². The minimum Gasteiger partial charge on any atom is -0.508 e. The second-order valence-electron chi connectivity index (χ2n) is 7.05. The first-order valence-corrected chi connectivity index (χ1v) is 12.7. The fourth-order valence-electron chi connectivity index (χ4n) is 3.17. The zero-order chi connectivity index (χ0) is 23.5. The van der Waals surface area contributed by atoms with Crippen LogP contribution in [0.5, 0.6) is 11.5 Å². The van der Waals surface area contributed by atoms with Gasteiger partial charge in [-0.2, -0.15) is 5.26 Å². The minimum atomic E-state index is -4.08. The first-order chi connectivity index (χ1) is 15.0. The van der Waals surface area contributed by atoms with Crippen LogP contribution in [0, 0.1) is 11.3 Å². The number of nitrogens with one attached hydrogen (secondary N) is 1. The number of phenolic OH excluding ortho intramolecular Hbond substituents is 2. The maximum absolute atomic E-state index is 12.5. The molecule has 0 aliphatic heterocycles. The number of sulfone groups is 1. The molecule has 0 saturated heterocycles. The maximum Gasteiger partial charge on any atom is 0.244 e. The highest BCUT2D eigenvalue weighted by atomic mass is 32.2. The van der Waals surface area contributed by atoms with E-state index < -0.39 is 30.5 Å². The van der Waals surface area contributed by atoms with Crippen LogP contribution in [0.25, 0.3) is 11.1 Å². The molecule has 3 aromatic carbocycles. The van der Waals surface area contributed by atoms with Gasteiger partial charge < -0.3 is 10.2 Å². The molecule has 0 amide bonds. The second-order valence-corrected chi connectivity index (χ2v) is 10.8. The monoisotopic (exact) mass is 472 g/mol. The molecule has 0 heterocycles. The van der Waals surface area contributed by atoms with Crippen molar-refractivity contribution in [3.63, 3.8) is 0 Å². The molecular formula is C22H20N2O6S2. The molecule has 166 valence electrons. The summed E-state index contributed by atoms with van der Waals surface area (Å²) in [5.41, 5.74) is 1.49. The Hall–Kier alpha value is -3.39. The third kappa shape index (κ3) is 5.08. The Bertz CT molecular complexity index is 1430. The molecule has 0 spiro atoms. The molecule has 0 aliphatic carbocycles. The van der Waals surface area contributed by atoms with Crippen molar-refractivity contribution in [3.05, 3.63) is 71.8 Å². The summed E-state index contributed by atoms with van der Waals surface area (Å²) < 4.78 is 51.3. The molecule has 0 atom stereocenters. The van der Waals surface area contributed by atoms with E-state index in [-0.39, 0.29) is 29.2 Å². The van der Waals surface area contributed by atoms with Gasteiger partial charge in [0.1, 0.15) is 16.4 Å². The zero-order valence-electron chi connectivity index (χ0n) is 17.0. The van der Waals surface area contributed by atoms with E-state index >= 15 is 0 Å². The molecule has 0 aliphatic rings. The number of nitriles is 1. The zero-order valence-corrected chi connectivity index (χ0v) is 18.6. The van der Waals surface area contributed by atoms with Crippen LogP contribution in [0.3, 0.4) is 0 Å². The van der Waals surface area contributed by atoms with E-state index in [0.29, 0.717) is 16.7 Å². The highest BCUT2D eigenvalue weighted by molar-refractivity contribution is 7.91. The predicted molar refractivity (Wildman–Crippen MR) is 118 cm³/mol. The summed E-state index contributed by atoms with van der Waals surface area (Å²) in [5.74, 6) is -0.590. The average Bonchev–Trinajstić information content (AvgIpc) is 2.74. The third-order valence-electron chi connectivity index (χ3n) is 4.75. The minimum absolute atomic E-state index is 0.0780. The number of hydrogen-bond acceptors (Lipinski definition) is 7. The molecule has 10 heteroatoms. The van der Waals surface area contributed by atoms with Gasteiger partial charge in [-0.15, -0.1) is 0 Å². The lowest BCUT2D eigenvalue weighted by atomic mass is 10.0. The standard InChI is InChI=1S/C22H20N2O6S2/c1-31(27,28)21-5-3-2-4-18(21)17-8-7-16(20(26)13-17)10-11-24-32(29,30)22-12-15(14-23)6-9-19(22)25/h2-9,12-13,24-26H,10-11H2,1H3. The molecule has 0 bridgehead atoms. The van der Waals surface area contributed by atoms with Crippen molar-refractivity contribution in [3.8, 4) is 28.7 Å². The third-order valence-corrected chi connectivity index (χ3v) is 7.39. The maximum atomic E-state index is 12.5. The first-order valence-electron chi connectivity index (χ1n) is 9.37. The van der Waals surface area contributed by atoms with Gasteiger partial charge in [-0.3, -0.25) is 0 Å². The van der Waals surface area contributed by atoms with Crippen molar-refractivity contribution in [2.24, 2.45) is 0 Å². The van der Waals surface area contributed by atoms with Crippen LogP contribution in [-0.4, -0.2) is 39.8 Å². The van der Waals surface area contributed by atoms with Crippen LogP contribution in [0.1, 0.15) is 11.1 Å². The highest BCUT2D eigenvalue weighted by Gasteiger charge is 2.19. The predicted octanol–water partition coefficient (Wildman–Crippen LogP) is 2.56. The lowest BCUT2D eigenvalue weighted by molar-refractivity contribution is 0.457. The van der Waals surface area contributed by atoms with Crippen LogP contribution >= 0.6 is 0 Å².